The van der Waals surface area contributed by atoms with Crippen LogP contribution in [0.1, 0.15) is 17.2 Å². The van der Waals surface area contributed by atoms with E-state index in [1.165, 1.54) is 17.7 Å². The van der Waals surface area contributed by atoms with Gasteiger partial charge in [0.05, 0.1) is 12.6 Å². The Kier molecular flexibility index (Phi) is 3.86. The second-order valence-corrected chi connectivity index (χ2v) is 5.25. The van der Waals surface area contributed by atoms with Crippen molar-refractivity contribution >= 4 is 5.96 Å². The molecule has 0 aliphatic carbocycles. The van der Waals surface area contributed by atoms with Gasteiger partial charge in [-0.2, -0.15) is 0 Å². The fourth-order valence-corrected chi connectivity index (χ4v) is 2.47. The SMILES string of the molecule is CN(Cc1ccc(F)cc1)C1=NCC(c2ccccc2)N1. The summed E-state index contributed by atoms with van der Waals surface area (Å²) in [6.45, 7) is 1.45. The van der Waals surface area contributed by atoms with E-state index >= 15 is 0 Å². The molecule has 0 amide bonds. The lowest BCUT2D eigenvalue weighted by Gasteiger charge is -2.21. The molecule has 0 spiro atoms. The van der Waals surface area contributed by atoms with Crippen LogP contribution in [0.3, 0.4) is 0 Å². The topological polar surface area (TPSA) is 27.6 Å². The molecule has 0 fully saturated rings. The van der Waals surface area contributed by atoms with Gasteiger partial charge in [0.25, 0.3) is 0 Å². The third-order valence-electron chi connectivity index (χ3n) is 3.62. The molecule has 4 heteroatoms. The van der Waals surface area contributed by atoms with Crippen LogP contribution in [0, 0.1) is 5.82 Å². The molecule has 21 heavy (non-hydrogen) atoms. The molecule has 1 N–H and O–H groups in total. The lowest BCUT2D eigenvalue weighted by atomic mass is 10.1. The summed E-state index contributed by atoms with van der Waals surface area (Å²) in [5, 5.41) is 3.44. The van der Waals surface area contributed by atoms with E-state index in [9.17, 15) is 4.39 Å². The summed E-state index contributed by atoms with van der Waals surface area (Å²) in [6, 6.07) is 17.1. The molecule has 1 unspecified atom stereocenters. The Bertz CT molecular complexity index is 622. The molecule has 0 bridgehead atoms. The summed E-state index contributed by atoms with van der Waals surface area (Å²) >= 11 is 0. The Labute approximate surface area is 124 Å². The quantitative estimate of drug-likeness (QED) is 0.938. The van der Waals surface area contributed by atoms with Crippen molar-refractivity contribution in [3.8, 4) is 0 Å². The van der Waals surface area contributed by atoms with Crippen molar-refractivity contribution < 1.29 is 4.39 Å². The zero-order valence-corrected chi connectivity index (χ0v) is 12.0. The van der Waals surface area contributed by atoms with Crippen LogP contribution in [-0.4, -0.2) is 24.5 Å². The summed E-state index contributed by atoms with van der Waals surface area (Å²) in [5.74, 6) is 0.676. The average molecular weight is 283 g/mol. The first-order valence-electron chi connectivity index (χ1n) is 7.04. The van der Waals surface area contributed by atoms with E-state index in [0.29, 0.717) is 6.54 Å². The molecule has 0 saturated heterocycles. The standard InChI is InChI=1S/C17H18FN3/c1-21(12-13-7-9-15(18)10-8-13)17-19-11-16(20-17)14-5-3-2-4-6-14/h2-10,16H,11-12H2,1H3,(H,19,20). The normalized spacial score (nSPS) is 17.2. The minimum Gasteiger partial charge on any atom is -0.348 e. The van der Waals surface area contributed by atoms with Gasteiger partial charge in [0.2, 0.25) is 0 Å². The number of aliphatic imine (C=N–C) groups is 1. The Morgan fingerprint density at radius 1 is 1.14 bits per heavy atom. The van der Waals surface area contributed by atoms with E-state index < -0.39 is 0 Å². The molecule has 3 nitrogen and oxygen atoms in total. The lowest BCUT2D eigenvalue weighted by Crippen LogP contribution is -2.36. The molecule has 3 rings (SSSR count). The Morgan fingerprint density at radius 2 is 1.86 bits per heavy atom. The third-order valence-corrected chi connectivity index (χ3v) is 3.62. The number of rotatable bonds is 3. The van der Waals surface area contributed by atoms with Crippen LogP contribution in [0.4, 0.5) is 4.39 Å². The lowest BCUT2D eigenvalue weighted by molar-refractivity contribution is 0.479. The van der Waals surface area contributed by atoms with Gasteiger partial charge in [0.1, 0.15) is 5.82 Å². The van der Waals surface area contributed by atoms with Crippen molar-refractivity contribution in [2.24, 2.45) is 4.99 Å². The largest absolute Gasteiger partial charge is 0.348 e. The highest BCUT2D eigenvalue weighted by Gasteiger charge is 2.21. The van der Waals surface area contributed by atoms with E-state index in [1.54, 1.807) is 12.1 Å². The number of nitrogens with zero attached hydrogens (tertiary/aromatic N) is 2. The third kappa shape index (κ3) is 3.21. The van der Waals surface area contributed by atoms with Crippen LogP contribution in [-0.2, 0) is 6.54 Å². The van der Waals surface area contributed by atoms with Crippen LogP contribution in [0.5, 0.6) is 0 Å². The Morgan fingerprint density at radius 3 is 2.57 bits per heavy atom. The Balaban J connectivity index is 1.61. The number of hydrogen-bond donors (Lipinski definition) is 1. The number of guanidine groups is 1. The number of hydrogen-bond acceptors (Lipinski definition) is 3. The van der Waals surface area contributed by atoms with Crippen LogP contribution >= 0.6 is 0 Å². The molecule has 0 saturated carbocycles. The number of halogens is 1. The van der Waals surface area contributed by atoms with Crippen LogP contribution < -0.4 is 5.32 Å². The van der Waals surface area contributed by atoms with Gasteiger partial charge in [-0.3, -0.25) is 4.99 Å². The van der Waals surface area contributed by atoms with Crippen molar-refractivity contribution in [3.63, 3.8) is 0 Å². The first-order chi connectivity index (χ1) is 10.2. The van der Waals surface area contributed by atoms with Gasteiger partial charge in [0.15, 0.2) is 5.96 Å². The van der Waals surface area contributed by atoms with Crippen molar-refractivity contribution in [3.05, 3.63) is 71.5 Å². The van der Waals surface area contributed by atoms with Gasteiger partial charge in [-0.25, -0.2) is 4.39 Å². The molecular formula is C17H18FN3. The summed E-state index contributed by atoms with van der Waals surface area (Å²) in [7, 11) is 1.99. The molecule has 0 radical (unpaired) electrons. The average Bonchev–Trinajstić information content (AvgIpc) is 3.00. The summed E-state index contributed by atoms with van der Waals surface area (Å²) < 4.78 is 12.9. The van der Waals surface area contributed by atoms with Crippen LogP contribution in [0.2, 0.25) is 0 Å². The van der Waals surface area contributed by atoms with Gasteiger partial charge < -0.3 is 10.2 Å². The van der Waals surface area contributed by atoms with Crippen molar-refractivity contribution in [1.82, 2.24) is 10.2 Å². The number of nitrogens with one attached hydrogen (secondary N) is 1. The van der Waals surface area contributed by atoms with Gasteiger partial charge >= 0.3 is 0 Å². The van der Waals surface area contributed by atoms with E-state index in [2.05, 4.69) is 27.3 Å². The van der Waals surface area contributed by atoms with E-state index in [-0.39, 0.29) is 11.9 Å². The fourth-order valence-electron chi connectivity index (χ4n) is 2.47. The second-order valence-electron chi connectivity index (χ2n) is 5.25. The predicted molar refractivity (Wildman–Crippen MR) is 82.5 cm³/mol. The molecule has 0 aromatic heterocycles. The van der Waals surface area contributed by atoms with E-state index in [1.807, 2.05) is 25.2 Å². The fraction of sp³-hybridized carbons (Fsp3) is 0.235. The summed E-state index contributed by atoms with van der Waals surface area (Å²) in [4.78, 5) is 6.62. The minimum atomic E-state index is -0.207. The van der Waals surface area contributed by atoms with Gasteiger partial charge in [-0.05, 0) is 23.3 Å². The first kappa shape index (κ1) is 13.6. The maximum Gasteiger partial charge on any atom is 0.194 e. The van der Waals surface area contributed by atoms with E-state index in [4.69, 9.17) is 0 Å². The molecule has 1 aliphatic heterocycles. The van der Waals surface area contributed by atoms with Crippen LogP contribution in [0.15, 0.2) is 59.6 Å². The summed E-state index contributed by atoms with van der Waals surface area (Å²) in [6.07, 6.45) is 0. The molecular weight excluding hydrogens is 265 g/mol. The molecule has 1 atom stereocenters. The highest BCUT2D eigenvalue weighted by atomic mass is 19.1. The predicted octanol–water partition coefficient (Wildman–Crippen LogP) is 2.96. The monoisotopic (exact) mass is 283 g/mol. The van der Waals surface area contributed by atoms with Gasteiger partial charge in [-0.1, -0.05) is 42.5 Å². The van der Waals surface area contributed by atoms with Crippen LogP contribution in [0.25, 0.3) is 0 Å². The number of benzene rings is 2. The second kappa shape index (κ2) is 5.95. The molecule has 2 aromatic rings. The molecule has 1 aliphatic rings. The summed E-state index contributed by atoms with van der Waals surface area (Å²) in [5.41, 5.74) is 2.30. The van der Waals surface area contributed by atoms with Gasteiger partial charge in [-0.15, -0.1) is 0 Å². The minimum absolute atomic E-state index is 0.207. The zero-order chi connectivity index (χ0) is 14.7. The molecule has 108 valence electrons. The maximum absolute atomic E-state index is 12.9. The Hall–Kier alpha value is -2.36. The van der Waals surface area contributed by atoms with Crippen molar-refractivity contribution in [1.29, 1.82) is 0 Å². The van der Waals surface area contributed by atoms with Crippen molar-refractivity contribution in [2.75, 3.05) is 13.6 Å². The highest BCUT2D eigenvalue weighted by molar-refractivity contribution is 5.82. The molecule has 1 heterocycles. The smallest absolute Gasteiger partial charge is 0.194 e. The first-order valence-corrected chi connectivity index (χ1v) is 7.04. The highest BCUT2D eigenvalue weighted by Crippen LogP contribution is 2.18. The van der Waals surface area contributed by atoms with Gasteiger partial charge in [0, 0.05) is 13.6 Å². The van der Waals surface area contributed by atoms with E-state index in [0.717, 1.165) is 18.1 Å². The zero-order valence-electron chi connectivity index (χ0n) is 12.0. The molecule has 2 aromatic carbocycles. The maximum atomic E-state index is 12.9. The van der Waals surface area contributed by atoms with Crippen molar-refractivity contribution in [2.45, 2.75) is 12.6 Å².